The van der Waals surface area contributed by atoms with Crippen molar-refractivity contribution in [1.29, 1.82) is 0 Å². The van der Waals surface area contributed by atoms with E-state index in [1.54, 1.807) is 42.7 Å². The topological polar surface area (TPSA) is 55.4 Å². The summed E-state index contributed by atoms with van der Waals surface area (Å²) in [7, 11) is 3.67. The fourth-order valence-corrected chi connectivity index (χ4v) is 12.1. The molecule has 0 aliphatic rings. The summed E-state index contributed by atoms with van der Waals surface area (Å²) in [4.78, 5) is 0. The zero-order chi connectivity index (χ0) is 18.0. The molecule has 0 heterocycles. The van der Waals surface area contributed by atoms with Crippen LogP contribution >= 0.6 is 0 Å². The van der Waals surface area contributed by atoms with Crippen molar-refractivity contribution in [3.8, 4) is 0 Å². The fraction of sp³-hybridized carbons (Fsp3) is 1.00. The summed E-state index contributed by atoms with van der Waals surface area (Å²) in [5, 5.41) is 0. The van der Waals surface area contributed by atoms with E-state index in [4.69, 9.17) is 26.6 Å². The van der Waals surface area contributed by atoms with Gasteiger partial charge in [-0.25, -0.2) is 0 Å². The molecule has 0 fully saturated rings. The highest BCUT2D eigenvalue weighted by Gasteiger charge is 2.74. The molecule has 0 saturated heterocycles. The molecule has 0 aliphatic carbocycles. The summed E-state index contributed by atoms with van der Waals surface area (Å²) >= 11 is 0. The van der Waals surface area contributed by atoms with E-state index in [0.29, 0.717) is 0 Å². The maximum Gasteiger partial charge on any atom is 0.511 e. The van der Waals surface area contributed by atoms with Crippen LogP contribution in [0.5, 0.6) is 0 Å². The Balaban J connectivity index is 5.98. The highest BCUT2D eigenvalue weighted by molar-refractivity contribution is 6.85. The number of rotatable bonds is 14. The summed E-state index contributed by atoms with van der Waals surface area (Å²) in [5.74, 6) is 0. The molecule has 140 valence electrons. The first kappa shape index (κ1) is 23.2. The monoisotopic (exact) mass is 368 g/mol. The van der Waals surface area contributed by atoms with Crippen LogP contribution in [0, 0.1) is 0 Å². The Morgan fingerprint density at radius 1 is 0.609 bits per heavy atom. The molecule has 6 nitrogen and oxygen atoms in total. The Bertz CT molecular complexity index is 272. The lowest BCUT2D eigenvalue weighted by Crippen LogP contribution is -2.69. The molecule has 0 aromatic rings. The molecule has 0 N–H and O–H groups in total. The maximum atomic E-state index is 5.85. The summed E-state index contributed by atoms with van der Waals surface area (Å²) < 4.78 is 34.6. The van der Waals surface area contributed by atoms with Crippen molar-refractivity contribution in [2.75, 3.05) is 42.7 Å². The van der Waals surface area contributed by atoms with Crippen molar-refractivity contribution >= 4 is 17.6 Å². The van der Waals surface area contributed by atoms with Gasteiger partial charge in [0.1, 0.15) is 4.66 Å². The Hall–Kier alpha value is 0.194. The average molecular weight is 369 g/mol. The molecule has 23 heavy (non-hydrogen) atoms. The predicted molar refractivity (Wildman–Crippen MR) is 95.3 cm³/mol. The van der Waals surface area contributed by atoms with Crippen LogP contribution < -0.4 is 0 Å². The molecule has 0 bridgehead atoms. The van der Waals surface area contributed by atoms with E-state index < -0.39 is 22.3 Å². The van der Waals surface area contributed by atoms with Crippen molar-refractivity contribution in [3.05, 3.63) is 0 Å². The highest BCUT2D eigenvalue weighted by Crippen LogP contribution is 2.54. The van der Waals surface area contributed by atoms with Crippen LogP contribution in [0.15, 0.2) is 0 Å². The van der Waals surface area contributed by atoms with Crippen molar-refractivity contribution in [1.82, 2.24) is 0 Å². The first-order chi connectivity index (χ1) is 11.0. The standard InChI is InChI=1S/C15H36O6Si2/c1-9-11-12-13-14-15(10-2,22(16-3,17-4)18-5)23(19-6,20-7)21-8/h9-14H2,1-8H3. The van der Waals surface area contributed by atoms with Crippen LogP contribution in [0.1, 0.15) is 52.4 Å². The average Bonchev–Trinajstić information content (AvgIpc) is 2.61. The van der Waals surface area contributed by atoms with Gasteiger partial charge in [0.05, 0.1) is 0 Å². The lowest BCUT2D eigenvalue weighted by atomic mass is 10.1. The highest BCUT2D eigenvalue weighted by atomic mass is 28.5. The second kappa shape index (κ2) is 10.9. The molecule has 0 aliphatic heterocycles. The van der Waals surface area contributed by atoms with Gasteiger partial charge in [-0.2, -0.15) is 0 Å². The minimum atomic E-state index is -3.07. The lowest BCUT2D eigenvalue weighted by molar-refractivity contribution is 0.0489. The molecule has 0 atom stereocenters. The van der Waals surface area contributed by atoms with E-state index in [0.717, 1.165) is 25.7 Å². The molecule has 0 amide bonds. The van der Waals surface area contributed by atoms with Crippen molar-refractivity contribution in [2.24, 2.45) is 0 Å². The third-order valence-electron chi connectivity index (χ3n) is 4.85. The molecular weight excluding hydrogens is 332 g/mol. The van der Waals surface area contributed by atoms with Crippen LogP contribution in [0.2, 0.25) is 4.66 Å². The molecular formula is C15H36O6Si2. The number of hydrogen-bond donors (Lipinski definition) is 0. The van der Waals surface area contributed by atoms with E-state index in [-0.39, 0.29) is 0 Å². The van der Waals surface area contributed by atoms with Crippen LogP contribution in [-0.2, 0) is 26.6 Å². The van der Waals surface area contributed by atoms with Crippen LogP contribution in [0.3, 0.4) is 0 Å². The van der Waals surface area contributed by atoms with Gasteiger partial charge in [0, 0.05) is 42.7 Å². The maximum absolute atomic E-state index is 5.85. The van der Waals surface area contributed by atoms with Gasteiger partial charge >= 0.3 is 17.6 Å². The van der Waals surface area contributed by atoms with E-state index in [1.807, 2.05) is 0 Å². The summed E-state index contributed by atoms with van der Waals surface area (Å²) in [6, 6.07) is 0. The minimum Gasteiger partial charge on any atom is -0.377 e. The van der Waals surface area contributed by atoms with Gasteiger partial charge in [0.15, 0.2) is 0 Å². The molecule has 8 heteroatoms. The van der Waals surface area contributed by atoms with Gasteiger partial charge < -0.3 is 26.6 Å². The number of hydrogen-bond acceptors (Lipinski definition) is 6. The molecule has 0 aromatic heterocycles. The Labute approximate surface area is 144 Å². The van der Waals surface area contributed by atoms with E-state index in [9.17, 15) is 0 Å². The second-order valence-electron chi connectivity index (χ2n) is 5.58. The largest absolute Gasteiger partial charge is 0.511 e. The molecule has 0 aromatic carbocycles. The van der Waals surface area contributed by atoms with Crippen LogP contribution in [-0.4, -0.2) is 60.3 Å². The molecule has 0 saturated carbocycles. The van der Waals surface area contributed by atoms with Crippen molar-refractivity contribution in [3.63, 3.8) is 0 Å². The smallest absolute Gasteiger partial charge is 0.377 e. The normalized spacial score (nSPS) is 13.6. The van der Waals surface area contributed by atoms with E-state index in [1.165, 1.54) is 12.8 Å². The SMILES string of the molecule is CCCCCCC(CC)([Si](OC)(OC)OC)[Si](OC)(OC)OC. The van der Waals surface area contributed by atoms with Gasteiger partial charge in [-0.1, -0.05) is 39.5 Å². The second-order valence-corrected chi connectivity index (χ2v) is 12.7. The van der Waals surface area contributed by atoms with Crippen LogP contribution in [0.4, 0.5) is 0 Å². The number of unbranched alkanes of at least 4 members (excludes halogenated alkanes) is 3. The Morgan fingerprint density at radius 2 is 1.00 bits per heavy atom. The Morgan fingerprint density at radius 3 is 1.26 bits per heavy atom. The summed E-state index contributed by atoms with van der Waals surface area (Å²) in [5.41, 5.74) is 0. The van der Waals surface area contributed by atoms with Gasteiger partial charge in [-0.05, 0) is 12.8 Å². The Kier molecular flexibility index (Phi) is 11.0. The van der Waals surface area contributed by atoms with Gasteiger partial charge in [-0.3, -0.25) is 0 Å². The summed E-state index contributed by atoms with van der Waals surface area (Å²) in [6.07, 6.45) is 6.11. The first-order valence-electron chi connectivity index (χ1n) is 8.30. The zero-order valence-electron chi connectivity index (χ0n) is 16.2. The zero-order valence-corrected chi connectivity index (χ0v) is 18.2. The summed E-state index contributed by atoms with van der Waals surface area (Å²) in [6.45, 7) is 4.29. The first-order valence-corrected chi connectivity index (χ1v) is 11.7. The molecule has 0 unspecified atom stereocenters. The van der Waals surface area contributed by atoms with Crippen molar-refractivity contribution < 1.29 is 26.6 Å². The molecule has 0 rings (SSSR count). The molecule has 0 radical (unpaired) electrons. The van der Waals surface area contributed by atoms with Gasteiger partial charge in [0.25, 0.3) is 0 Å². The predicted octanol–water partition coefficient (Wildman–Crippen LogP) is 3.40. The fourth-order valence-electron chi connectivity index (χ4n) is 3.63. The van der Waals surface area contributed by atoms with E-state index >= 15 is 0 Å². The third kappa shape index (κ3) is 4.24. The lowest BCUT2D eigenvalue weighted by Gasteiger charge is -2.49. The molecule has 0 spiro atoms. The van der Waals surface area contributed by atoms with Gasteiger partial charge in [-0.15, -0.1) is 0 Å². The van der Waals surface area contributed by atoms with Crippen molar-refractivity contribution in [2.45, 2.75) is 57.0 Å². The van der Waals surface area contributed by atoms with Gasteiger partial charge in [0.2, 0.25) is 0 Å². The van der Waals surface area contributed by atoms with Crippen LogP contribution in [0.25, 0.3) is 0 Å². The minimum absolute atomic E-state index is 0.537. The third-order valence-corrected chi connectivity index (χ3v) is 13.5. The van der Waals surface area contributed by atoms with E-state index in [2.05, 4.69) is 13.8 Å². The quantitative estimate of drug-likeness (QED) is 0.346.